The third-order valence-corrected chi connectivity index (χ3v) is 3.80. The molecule has 3 nitrogen and oxygen atoms in total. The van der Waals surface area contributed by atoms with Crippen molar-refractivity contribution in [1.82, 2.24) is 5.32 Å². The van der Waals surface area contributed by atoms with Gasteiger partial charge in [-0.2, -0.15) is 0 Å². The largest absolute Gasteiger partial charge is 0.467 e. The van der Waals surface area contributed by atoms with Gasteiger partial charge in [0.25, 0.3) is 0 Å². The summed E-state index contributed by atoms with van der Waals surface area (Å²) in [6.45, 7) is 0. The van der Waals surface area contributed by atoms with Crippen LogP contribution >= 0.6 is 11.6 Å². The molecule has 0 aliphatic heterocycles. The molecule has 0 saturated heterocycles. The van der Waals surface area contributed by atoms with E-state index in [1.54, 1.807) is 30.5 Å². The van der Waals surface area contributed by atoms with E-state index in [1.165, 1.54) is 6.08 Å². The lowest BCUT2D eigenvalue weighted by Gasteiger charge is -2.16. The summed E-state index contributed by atoms with van der Waals surface area (Å²) in [5, 5.41) is 3.64. The van der Waals surface area contributed by atoms with Crippen molar-refractivity contribution in [2.24, 2.45) is 0 Å². The Bertz CT molecular complexity index is 809. The molecule has 24 heavy (non-hydrogen) atoms. The van der Waals surface area contributed by atoms with Gasteiger partial charge >= 0.3 is 0 Å². The normalized spacial score (nSPS) is 12.2. The third kappa shape index (κ3) is 4.15. The van der Waals surface area contributed by atoms with E-state index < -0.39 is 0 Å². The van der Waals surface area contributed by atoms with Gasteiger partial charge in [0.05, 0.1) is 6.26 Å². The zero-order chi connectivity index (χ0) is 16.8. The fourth-order valence-electron chi connectivity index (χ4n) is 2.36. The van der Waals surface area contributed by atoms with E-state index in [-0.39, 0.29) is 11.9 Å². The van der Waals surface area contributed by atoms with Gasteiger partial charge in [-0.05, 0) is 41.5 Å². The standard InChI is InChI=1S/C20H16ClNO2/c21-17-11-8-15(9-12-17)10-13-19(23)22-20(18-7-4-14-24-18)16-5-2-1-3-6-16/h1-14,20H,(H,22,23)/b13-10+/t20-/m0/s1. The second-order valence-corrected chi connectivity index (χ2v) is 5.69. The second kappa shape index (κ2) is 7.66. The highest BCUT2D eigenvalue weighted by Crippen LogP contribution is 2.22. The first-order valence-electron chi connectivity index (χ1n) is 7.55. The Hall–Kier alpha value is -2.78. The second-order valence-electron chi connectivity index (χ2n) is 5.25. The van der Waals surface area contributed by atoms with Crippen molar-refractivity contribution in [2.45, 2.75) is 6.04 Å². The van der Waals surface area contributed by atoms with Gasteiger partial charge in [-0.25, -0.2) is 0 Å². The van der Waals surface area contributed by atoms with Crippen LogP contribution in [0.4, 0.5) is 0 Å². The van der Waals surface area contributed by atoms with Gasteiger partial charge < -0.3 is 9.73 Å². The molecule has 0 fully saturated rings. The fourth-order valence-corrected chi connectivity index (χ4v) is 2.48. The number of carbonyl (C=O) groups is 1. The highest BCUT2D eigenvalue weighted by atomic mass is 35.5. The van der Waals surface area contributed by atoms with Crippen molar-refractivity contribution < 1.29 is 9.21 Å². The van der Waals surface area contributed by atoms with Crippen LogP contribution in [-0.4, -0.2) is 5.91 Å². The molecule has 3 rings (SSSR count). The molecule has 0 aliphatic rings. The molecule has 1 heterocycles. The summed E-state index contributed by atoms with van der Waals surface area (Å²) in [5.74, 6) is 0.490. The SMILES string of the molecule is O=C(/C=C/c1ccc(Cl)cc1)N[C@@H](c1ccccc1)c1ccco1. The number of rotatable bonds is 5. The lowest BCUT2D eigenvalue weighted by molar-refractivity contribution is -0.117. The van der Waals surface area contributed by atoms with Crippen LogP contribution in [0.15, 0.2) is 83.5 Å². The maximum absolute atomic E-state index is 12.3. The van der Waals surface area contributed by atoms with Crippen molar-refractivity contribution in [1.29, 1.82) is 0 Å². The molecule has 0 bridgehead atoms. The van der Waals surface area contributed by atoms with E-state index in [2.05, 4.69) is 5.32 Å². The molecule has 1 atom stereocenters. The van der Waals surface area contributed by atoms with Gasteiger partial charge in [0.2, 0.25) is 5.91 Å². The Morgan fingerprint density at radius 1 is 1.00 bits per heavy atom. The molecule has 2 aromatic carbocycles. The molecule has 0 aliphatic carbocycles. The number of amides is 1. The fraction of sp³-hybridized carbons (Fsp3) is 0.0500. The summed E-state index contributed by atoms with van der Waals surface area (Å²) in [4.78, 5) is 12.3. The number of benzene rings is 2. The van der Waals surface area contributed by atoms with Crippen molar-refractivity contribution in [3.8, 4) is 0 Å². The van der Waals surface area contributed by atoms with Crippen LogP contribution in [0.1, 0.15) is 22.9 Å². The van der Waals surface area contributed by atoms with Crippen molar-refractivity contribution in [3.63, 3.8) is 0 Å². The number of halogens is 1. The van der Waals surface area contributed by atoms with Crippen LogP contribution in [0, 0.1) is 0 Å². The average Bonchev–Trinajstić information content (AvgIpc) is 3.14. The quantitative estimate of drug-likeness (QED) is 0.676. The summed E-state index contributed by atoms with van der Waals surface area (Å²) in [6, 6.07) is 20.3. The minimum atomic E-state index is -0.330. The maximum atomic E-state index is 12.3. The average molecular weight is 338 g/mol. The molecule has 0 radical (unpaired) electrons. The predicted octanol–water partition coefficient (Wildman–Crippen LogP) is 4.85. The van der Waals surface area contributed by atoms with E-state index in [1.807, 2.05) is 48.5 Å². The minimum absolute atomic E-state index is 0.199. The zero-order valence-electron chi connectivity index (χ0n) is 12.9. The molecule has 4 heteroatoms. The van der Waals surface area contributed by atoms with Crippen LogP contribution < -0.4 is 5.32 Å². The molecule has 0 spiro atoms. The molecule has 0 unspecified atom stereocenters. The topological polar surface area (TPSA) is 42.2 Å². The van der Waals surface area contributed by atoms with E-state index >= 15 is 0 Å². The lowest BCUT2D eigenvalue weighted by atomic mass is 10.0. The summed E-state index contributed by atoms with van der Waals surface area (Å²) in [5.41, 5.74) is 1.87. The number of nitrogens with one attached hydrogen (secondary N) is 1. The smallest absolute Gasteiger partial charge is 0.244 e. The van der Waals surface area contributed by atoms with Crippen LogP contribution in [0.5, 0.6) is 0 Å². The van der Waals surface area contributed by atoms with Gasteiger partial charge in [0, 0.05) is 11.1 Å². The molecule has 3 aromatic rings. The molecular formula is C20H16ClNO2. The summed E-state index contributed by atoms with van der Waals surface area (Å²) >= 11 is 5.85. The van der Waals surface area contributed by atoms with E-state index in [0.717, 1.165) is 11.1 Å². The molecule has 1 N–H and O–H groups in total. The molecule has 120 valence electrons. The van der Waals surface area contributed by atoms with Gasteiger partial charge in [-0.1, -0.05) is 54.1 Å². The molecule has 1 amide bonds. The highest BCUT2D eigenvalue weighted by Gasteiger charge is 2.17. The summed E-state index contributed by atoms with van der Waals surface area (Å²) < 4.78 is 5.47. The Kier molecular flexibility index (Phi) is 5.14. The van der Waals surface area contributed by atoms with Crippen molar-refractivity contribution in [2.75, 3.05) is 0 Å². The van der Waals surface area contributed by atoms with Crippen LogP contribution in [0.25, 0.3) is 6.08 Å². The van der Waals surface area contributed by atoms with Gasteiger partial charge in [-0.3, -0.25) is 4.79 Å². The number of carbonyl (C=O) groups excluding carboxylic acids is 1. The van der Waals surface area contributed by atoms with Crippen LogP contribution in [0.2, 0.25) is 5.02 Å². The summed E-state index contributed by atoms with van der Waals surface area (Å²) in [7, 11) is 0. The van der Waals surface area contributed by atoms with Crippen LogP contribution in [0.3, 0.4) is 0 Å². The summed E-state index contributed by atoms with van der Waals surface area (Å²) in [6.07, 6.45) is 4.85. The number of hydrogen-bond donors (Lipinski definition) is 1. The Labute approximate surface area is 145 Å². The highest BCUT2D eigenvalue weighted by molar-refractivity contribution is 6.30. The number of hydrogen-bond acceptors (Lipinski definition) is 2. The van der Waals surface area contributed by atoms with E-state index in [0.29, 0.717) is 10.8 Å². The van der Waals surface area contributed by atoms with E-state index in [9.17, 15) is 4.79 Å². The monoisotopic (exact) mass is 337 g/mol. The first-order valence-corrected chi connectivity index (χ1v) is 7.92. The Morgan fingerprint density at radius 2 is 1.75 bits per heavy atom. The maximum Gasteiger partial charge on any atom is 0.244 e. The van der Waals surface area contributed by atoms with Gasteiger partial charge in [0.15, 0.2) is 0 Å². The third-order valence-electron chi connectivity index (χ3n) is 3.54. The Balaban J connectivity index is 1.75. The van der Waals surface area contributed by atoms with E-state index in [4.69, 9.17) is 16.0 Å². The number of furan rings is 1. The first kappa shape index (κ1) is 16.1. The molecule has 1 aromatic heterocycles. The van der Waals surface area contributed by atoms with Crippen molar-refractivity contribution in [3.05, 3.63) is 101 Å². The Morgan fingerprint density at radius 3 is 2.42 bits per heavy atom. The molecule has 0 saturated carbocycles. The minimum Gasteiger partial charge on any atom is -0.467 e. The first-order chi connectivity index (χ1) is 11.7. The predicted molar refractivity (Wildman–Crippen MR) is 95.6 cm³/mol. The molecular weight excluding hydrogens is 322 g/mol. The van der Waals surface area contributed by atoms with Gasteiger partial charge in [0.1, 0.15) is 11.8 Å². The zero-order valence-corrected chi connectivity index (χ0v) is 13.6. The van der Waals surface area contributed by atoms with Crippen LogP contribution in [-0.2, 0) is 4.79 Å². The van der Waals surface area contributed by atoms with Gasteiger partial charge in [-0.15, -0.1) is 0 Å². The lowest BCUT2D eigenvalue weighted by Crippen LogP contribution is -2.27. The van der Waals surface area contributed by atoms with Crippen molar-refractivity contribution >= 4 is 23.6 Å².